The molecular weight excluding hydrogens is 347 g/mol. The molecule has 1 fully saturated rings. The van der Waals surface area contributed by atoms with Gasteiger partial charge in [0.15, 0.2) is 6.61 Å². The lowest BCUT2D eigenvalue weighted by atomic mass is 10.2. The lowest BCUT2D eigenvalue weighted by Gasteiger charge is -2.18. The molecule has 4 nitrogen and oxygen atoms in total. The Morgan fingerprint density at radius 1 is 1.12 bits per heavy atom. The van der Waals surface area contributed by atoms with Crippen molar-refractivity contribution < 1.29 is 9.53 Å². The van der Waals surface area contributed by atoms with Crippen molar-refractivity contribution in [2.45, 2.75) is 12.8 Å². The molecule has 6 heteroatoms. The van der Waals surface area contributed by atoms with Crippen LogP contribution >= 0.6 is 23.2 Å². The van der Waals surface area contributed by atoms with Gasteiger partial charge in [-0.15, -0.1) is 0 Å². The highest BCUT2D eigenvalue weighted by atomic mass is 35.5. The van der Waals surface area contributed by atoms with Crippen LogP contribution in [0.3, 0.4) is 0 Å². The molecule has 0 spiro atoms. The molecule has 0 bridgehead atoms. The van der Waals surface area contributed by atoms with Crippen molar-refractivity contribution in [3.05, 3.63) is 52.5 Å². The summed E-state index contributed by atoms with van der Waals surface area (Å²) in [7, 11) is 0. The predicted molar refractivity (Wildman–Crippen MR) is 98.5 cm³/mol. The van der Waals surface area contributed by atoms with Gasteiger partial charge in [-0.05, 0) is 43.2 Å². The van der Waals surface area contributed by atoms with Crippen molar-refractivity contribution in [2.24, 2.45) is 0 Å². The number of nitrogens with one attached hydrogen (secondary N) is 1. The summed E-state index contributed by atoms with van der Waals surface area (Å²) < 4.78 is 5.44. The number of hydrogen-bond donors (Lipinski definition) is 1. The summed E-state index contributed by atoms with van der Waals surface area (Å²) in [4.78, 5) is 14.4. The van der Waals surface area contributed by atoms with E-state index in [-0.39, 0.29) is 12.5 Å². The Morgan fingerprint density at radius 2 is 1.92 bits per heavy atom. The number of halogens is 2. The number of carbonyl (C=O) groups excluding carboxylic acids is 1. The van der Waals surface area contributed by atoms with Crippen LogP contribution in [-0.2, 0) is 4.79 Å². The average molecular weight is 365 g/mol. The van der Waals surface area contributed by atoms with E-state index in [1.807, 2.05) is 18.2 Å². The van der Waals surface area contributed by atoms with Gasteiger partial charge < -0.3 is 15.0 Å². The molecule has 0 aliphatic carbocycles. The lowest BCUT2D eigenvalue weighted by Crippen LogP contribution is -2.21. The molecule has 2 aromatic carbocycles. The fourth-order valence-electron chi connectivity index (χ4n) is 2.68. The fourth-order valence-corrected chi connectivity index (χ4v) is 3.02. The third-order valence-corrected chi connectivity index (χ3v) is 4.40. The van der Waals surface area contributed by atoms with E-state index in [9.17, 15) is 4.79 Å². The number of anilines is 2. The van der Waals surface area contributed by atoms with E-state index in [1.165, 1.54) is 12.8 Å². The highest BCUT2D eigenvalue weighted by molar-refractivity contribution is 6.34. The van der Waals surface area contributed by atoms with E-state index in [2.05, 4.69) is 16.3 Å². The van der Waals surface area contributed by atoms with Crippen LogP contribution in [0.15, 0.2) is 42.5 Å². The smallest absolute Gasteiger partial charge is 0.262 e. The summed E-state index contributed by atoms with van der Waals surface area (Å²) in [5.41, 5.74) is 1.88. The maximum atomic E-state index is 12.1. The largest absolute Gasteiger partial charge is 0.482 e. The van der Waals surface area contributed by atoms with Crippen LogP contribution in [0.5, 0.6) is 5.75 Å². The molecule has 0 atom stereocenters. The number of benzene rings is 2. The van der Waals surface area contributed by atoms with E-state index in [0.29, 0.717) is 15.8 Å². The third-order valence-electron chi connectivity index (χ3n) is 3.85. The van der Waals surface area contributed by atoms with Gasteiger partial charge in [-0.2, -0.15) is 0 Å². The Morgan fingerprint density at radius 3 is 2.71 bits per heavy atom. The molecule has 1 N–H and O–H groups in total. The second-order valence-corrected chi connectivity index (χ2v) is 6.50. The van der Waals surface area contributed by atoms with E-state index >= 15 is 0 Å². The van der Waals surface area contributed by atoms with Gasteiger partial charge in [0.25, 0.3) is 5.91 Å². The number of carbonyl (C=O) groups is 1. The van der Waals surface area contributed by atoms with Gasteiger partial charge in [0, 0.05) is 35.6 Å². The summed E-state index contributed by atoms with van der Waals surface area (Å²) in [5, 5.41) is 3.77. The Kier molecular flexibility index (Phi) is 5.48. The molecule has 0 radical (unpaired) electrons. The molecule has 1 aliphatic heterocycles. The van der Waals surface area contributed by atoms with E-state index in [0.717, 1.165) is 24.5 Å². The fraction of sp³-hybridized carbons (Fsp3) is 0.278. The normalized spacial score (nSPS) is 13.8. The topological polar surface area (TPSA) is 41.6 Å². The Labute approximate surface area is 151 Å². The van der Waals surface area contributed by atoms with Gasteiger partial charge in [0.2, 0.25) is 0 Å². The number of rotatable bonds is 5. The molecule has 0 saturated carbocycles. The standard InChI is InChI=1S/C18H18Cl2N2O2/c19-13-6-7-16(20)17(10-13)24-12-18(23)21-14-4-3-5-15(11-14)22-8-1-2-9-22/h3-7,10-11H,1-2,8-9,12H2,(H,21,23). The molecule has 0 aromatic heterocycles. The zero-order chi connectivity index (χ0) is 16.9. The van der Waals surface area contributed by atoms with Gasteiger partial charge in [-0.3, -0.25) is 4.79 Å². The van der Waals surface area contributed by atoms with Gasteiger partial charge in [-0.1, -0.05) is 29.3 Å². The Balaban J connectivity index is 1.58. The molecule has 1 heterocycles. The summed E-state index contributed by atoms with van der Waals surface area (Å²) >= 11 is 11.9. The van der Waals surface area contributed by atoms with Crippen LogP contribution in [0, 0.1) is 0 Å². The third kappa shape index (κ3) is 4.34. The first-order valence-corrected chi connectivity index (χ1v) is 8.60. The molecule has 24 heavy (non-hydrogen) atoms. The second-order valence-electron chi connectivity index (χ2n) is 5.66. The number of hydrogen-bond acceptors (Lipinski definition) is 3. The van der Waals surface area contributed by atoms with Crippen molar-refractivity contribution in [3.8, 4) is 5.75 Å². The number of ether oxygens (including phenoxy) is 1. The van der Waals surface area contributed by atoms with Crippen molar-refractivity contribution in [2.75, 3.05) is 29.9 Å². The summed E-state index contributed by atoms with van der Waals surface area (Å²) in [5.74, 6) is 0.148. The van der Waals surface area contributed by atoms with Crippen molar-refractivity contribution in [1.82, 2.24) is 0 Å². The average Bonchev–Trinajstić information content (AvgIpc) is 3.10. The van der Waals surface area contributed by atoms with Gasteiger partial charge >= 0.3 is 0 Å². The minimum atomic E-state index is -0.246. The van der Waals surface area contributed by atoms with Gasteiger partial charge in [-0.25, -0.2) is 0 Å². The van der Waals surface area contributed by atoms with Crippen LogP contribution in [-0.4, -0.2) is 25.6 Å². The summed E-state index contributed by atoms with van der Waals surface area (Å²) in [6, 6.07) is 12.7. The minimum absolute atomic E-state index is 0.131. The quantitative estimate of drug-likeness (QED) is 0.841. The van der Waals surface area contributed by atoms with Crippen LogP contribution in [0.25, 0.3) is 0 Å². The van der Waals surface area contributed by atoms with Gasteiger partial charge in [0.05, 0.1) is 5.02 Å². The summed E-state index contributed by atoms with van der Waals surface area (Å²) in [6.45, 7) is 2.00. The first kappa shape index (κ1) is 16.9. The first-order chi connectivity index (χ1) is 11.6. The van der Waals surface area contributed by atoms with Crippen molar-refractivity contribution >= 4 is 40.5 Å². The van der Waals surface area contributed by atoms with E-state index in [1.54, 1.807) is 18.2 Å². The number of nitrogens with zero attached hydrogens (tertiary/aromatic N) is 1. The zero-order valence-corrected chi connectivity index (χ0v) is 14.6. The minimum Gasteiger partial charge on any atom is -0.482 e. The van der Waals surface area contributed by atoms with Crippen LogP contribution in [0.4, 0.5) is 11.4 Å². The maximum Gasteiger partial charge on any atom is 0.262 e. The molecule has 3 rings (SSSR count). The Bertz CT molecular complexity index is 731. The van der Waals surface area contributed by atoms with E-state index in [4.69, 9.17) is 27.9 Å². The molecule has 126 valence electrons. The predicted octanol–water partition coefficient (Wildman–Crippen LogP) is 4.61. The highest BCUT2D eigenvalue weighted by Crippen LogP contribution is 2.28. The first-order valence-electron chi connectivity index (χ1n) is 7.84. The highest BCUT2D eigenvalue weighted by Gasteiger charge is 2.13. The molecule has 1 aliphatic rings. The van der Waals surface area contributed by atoms with Crippen molar-refractivity contribution in [1.29, 1.82) is 0 Å². The lowest BCUT2D eigenvalue weighted by molar-refractivity contribution is -0.118. The monoisotopic (exact) mass is 364 g/mol. The second kappa shape index (κ2) is 7.77. The van der Waals surface area contributed by atoms with Gasteiger partial charge in [0.1, 0.15) is 5.75 Å². The van der Waals surface area contributed by atoms with Crippen molar-refractivity contribution in [3.63, 3.8) is 0 Å². The molecule has 2 aromatic rings. The Hall–Kier alpha value is -1.91. The van der Waals surface area contributed by atoms with Crippen LogP contribution in [0.1, 0.15) is 12.8 Å². The zero-order valence-electron chi connectivity index (χ0n) is 13.1. The molecular formula is C18H18Cl2N2O2. The van der Waals surface area contributed by atoms with Crippen LogP contribution in [0.2, 0.25) is 10.0 Å². The number of amides is 1. The van der Waals surface area contributed by atoms with E-state index < -0.39 is 0 Å². The molecule has 1 saturated heterocycles. The summed E-state index contributed by atoms with van der Waals surface area (Å²) in [6.07, 6.45) is 2.43. The molecule has 1 amide bonds. The maximum absolute atomic E-state index is 12.1. The van der Waals surface area contributed by atoms with Crippen LogP contribution < -0.4 is 15.0 Å². The molecule has 0 unspecified atom stereocenters. The SMILES string of the molecule is O=C(COc1cc(Cl)ccc1Cl)Nc1cccc(N2CCCC2)c1.